The lowest BCUT2D eigenvalue weighted by atomic mass is 10.2. The Morgan fingerprint density at radius 2 is 1.92 bits per heavy atom. The molecule has 11 heteroatoms. The van der Waals surface area contributed by atoms with Gasteiger partial charge >= 0.3 is 0 Å². The van der Waals surface area contributed by atoms with Crippen molar-refractivity contribution < 1.29 is 18.1 Å². The summed E-state index contributed by atoms with van der Waals surface area (Å²) in [5.41, 5.74) is 1.17. The first-order chi connectivity index (χ1) is 12.2. The largest absolute Gasteiger partial charge is 0.494 e. The van der Waals surface area contributed by atoms with E-state index in [1.165, 1.54) is 37.4 Å². The molecule has 2 aromatic carbocycles. The molecule has 0 spiro atoms. The quantitative estimate of drug-likeness (QED) is 0.381. The SMILES string of the molecule is COc1cc([N+](=O)[O-])ccc1NC(=S)NCc1ccc(S(N)(=O)=O)cc1. The minimum atomic E-state index is -3.73. The zero-order chi connectivity index (χ0) is 19.3. The Morgan fingerprint density at radius 1 is 1.27 bits per heavy atom. The summed E-state index contributed by atoms with van der Waals surface area (Å²) in [5, 5.41) is 21.9. The number of nitrogens with one attached hydrogen (secondary N) is 2. The third-order valence-electron chi connectivity index (χ3n) is 3.35. The molecular weight excluding hydrogens is 380 g/mol. The summed E-state index contributed by atoms with van der Waals surface area (Å²) < 4.78 is 27.6. The lowest BCUT2D eigenvalue weighted by Gasteiger charge is -2.13. The van der Waals surface area contributed by atoms with E-state index in [0.717, 1.165) is 5.56 Å². The van der Waals surface area contributed by atoms with Gasteiger partial charge in [-0.2, -0.15) is 0 Å². The summed E-state index contributed by atoms with van der Waals surface area (Å²) in [6, 6.07) is 10.1. The molecule has 0 aliphatic rings. The van der Waals surface area contributed by atoms with E-state index in [-0.39, 0.29) is 21.4 Å². The number of methoxy groups -OCH3 is 1. The highest BCUT2D eigenvalue weighted by atomic mass is 32.2. The highest BCUT2D eigenvalue weighted by Gasteiger charge is 2.12. The van der Waals surface area contributed by atoms with Crippen LogP contribution in [0.3, 0.4) is 0 Å². The number of primary sulfonamides is 1. The molecule has 0 saturated heterocycles. The molecule has 0 unspecified atom stereocenters. The average molecular weight is 396 g/mol. The average Bonchev–Trinajstić information content (AvgIpc) is 2.59. The Balaban J connectivity index is 2.00. The maximum atomic E-state index is 11.2. The molecule has 0 radical (unpaired) electrons. The van der Waals surface area contributed by atoms with Gasteiger partial charge in [0.1, 0.15) is 5.75 Å². The van der Waals surface area contributed by atoms with Gasteiger partial charge in [0.15, 0.2) is 5.11 Å². The van der Waals surface area contributed by atoms with Crippen molar-refractivity contribution in [3.8, 4) is 5.75 Å². The van der Waals surface area contributed by atoms with Crippen LogP contribution in [0.5, 0.6) is 5.75 Å². The first kappa shape index (κ1) is 19.6. The fourth-order valence-electron chi connectivity index (χ4n) is 2.04. The van der Waals surface area contributed by atoms with E-state index >= 15 is 0 Å². The maximum absolute atomic E-state index is 11.2. The number of hydrogen-bond donors (Lipinski definition) is 3. The number of ether oxygens (including phenoxy) is 1. The Morgan fingerprint density at radius 3 is 2.46 bits per heavy atom. The number of hydrogen-bond acceptors (Lipinski definition) is 6. The predicted molar refractivity (Wildman–Crippen MR) is 101 cm³/mol. The fraction of sp³-hybridized carbons (Fsp3) is 0.133. The molecule has 2 aromatic rings. The lowest BCUT2D eigenvalue weighted by molar-refractivity contribution is -0.384. The van der Waals surface area contributed by atoms with Crippen LogP contribution in [-0.2, 0) is 16.6 Å². The van der Waals surface area contributed by atoms with Crippen molar-refractivity contribution in [2.75, 3.05) is 12.4 Å². The van der Waals surface area contributed by atoms with E-state index in [1.807, 2.05) is 0 Å². The van der Waals surface area contributed by atoms with Gasteiger partial charge in [0, 0.05) is 12.6 Å². The molecule has 0 atom stereocenters. The van der Waals surface area contributed by atoms with E-state index in [4.69, 9.17) is 22.1 Å². The van der Waals surface area contributed by atoms with Gasteiger partial charge in [-0.15, -0.1) is 0 Å². The topological polar surface area (TPSA) is 137 Å². The standard InChI is InChI=1S/C15H16N4O5S2/c1-24-14-8-11(19(20)21)4-7-13(14)18-15(25)17-9-10-2-5-12(6-3-10)26(16,22)23/h2-8H,9H2,1H3,(H2,16,22,23)(H2,17,18,25). The van der Waals surface area contributed by atoms with Gasteiger partial charge in [0.05, 0.1) is 28.7 Å². The van der Waals surface area contributed by atoms with E-state index in [2.05, 4.69) is 10.6 Å². The Labute approximate surface area is 155 Å². The van der Waals surface area contributed by atoms with Crippen molar-refractivity contribution in [2.45, 2.75) is 11.4 Å². The molecule has 2 rings (SSSR count). The number of nitrogens with zero attached hydrogens (tertiary/aromatic N) is 1. The van der Waals surface area contributed by atoms with E-state index in [0.29, 0.717) is 12.2 Å². The van der Waals surface area contributed by atoms with Crippen LogP contribution >= 0.6 is 12.2 Å². The lowest BCUT2D eigenvalue weighted by Crippen LogP contribution is -2.28. The second-order valence-corrected chi connectivity index (χ2v) is 7.11. The van der Waals surface area contributed by atoms with Crippen molar-refractivity contribution >= 4 is 38.7 Å². The third kappa shape index (κ3) is 5.12. The minimum Gasteiger partial charge on any atom is -0.494 e. The van der Waals surface area contributed by atoms with E-state index < -0.39 is 14.9 Å². The summed E-state index contributed by atoms with van der Waals surface area (Å²) in [6.45, 7) is 0.339. The van der Waals surface area contributed by atoms with Crippen LogP contribution in [0, 0.1) is 10.1 Å². The molecular formula is C15H16N4O5S2. The molecule has 0 saturated carbocycles. The minimum absolute atomic E-state index is 0.0255. The van der Waals surface area contributed by atoms with Crippen molar-refractivity contribution in [1.82, 2.24) is 5.32 Å². The zero-order valence-corrected chi connectivity index (χ0v) is 15.3. The van der Waals surface area contributed by atoms with Gasteiger partial charge in [-0.25, -0.2) is 13.6 Å². The second-order valence-electron chi connectivity index (χ2n) is 5.14. The summed E-state index contributed by atoms with van der Waals surface area (Å²) in [4.78, 5) is 10.3. The van der Waals surface area contributed by atoms with Gasteiger partial charge in [0.25, 0.3) is 5.69 Å². The number of sulfonamides is 1. The van der Waals surface area contributed by atoms with Gasteiger partial charge in [-0.05, 0) is 36.0 Å². The summed E-state index contributed by atoms with van der Waals surface area (Å²) in [5.74, 6) is 0.279. The first-order valence-electron chi connectivity index (χ1n) is 7.19. The normalized spacial score (nSPS) is 10.8. The van der Waals surface area contributed by atoms with E-state index in [1.54, 1.807) is 12.1 Å². The van der Waals surface area contributed by atoms with Gasteiger partial charge in [-0.1, -0.05) is 12.1 Å². The highest BCUT2D eigenvalue weighted by molar-refractivity contribution is 7.89. The van der Waals surface area contributed by atoms with E-state index in [9.17, 15) is 18.5 Å². The fourth-order valence-corrected chi connectivity index (χ4v) is 2.74. The second kappa shape index (κ2) is 8.08. The molecule has 0 bridgehead atoms. The van der Waals surface area contributed by atoms with Crippen LogP contribution in [0.1, 0.15) is 5.56 Å². The number of nitrogens with two attached hydrogens (primary N) is 1. The molecule has 0 aromatic heterocycles. The van der Waals surface area contributed by atoms with Gasteiger partial charge < -0.3 is 15.4 Å². The third-order valence-corrected chi connectivity index (χ3v) is 4.52. The summed E-state index contributed by atoms with van der Waals surface area (Å²) in [6.07, 6.45) is 0. The number of non-ortho nitro benzene ring substituents is 1. The van der Waals surface area contributed by atoms with Crippen LogP contribution in [0.4, 0.5) is 11.4 Å². The van der Waals surface area contributed by atoms with Crippen molar-refractivity contribution in [1.29, 1.82) is 0 Å². The molecule has 9 nitrogen and oxygen atoms in total. The van der Waals surface area contributed by atoms with Crippen LogP contribution < -0.4 is 20.5 Å². The van der Waals surface area contributed by atoms with Crippen LogP contribution in [0.25, 0.3) is 0 Å². The summed E-state index contributed by atoms with van der Waals surface area (Å²) >= 11 is 5.18. The Bertz CT molecular complexity index is 930. The Kier molecular flexibility index (Phi) is 6.08. The number of benzene rings is 2. The van der Waals surface area contributed by atoms with Crippen molar-refractivity contribution in [3.05, 3.63) is 58.1 Å². The first-order valence-corrected chi connectivity index (χ1v) is 9.15. The maximum Gasteiger partial charge on any atom is 0.273 e. The molecule has 0 heterocycles. The summed E-state index contributed by atoms with van der Waals surface area (Å²) in [7, 11) is -2.33. The predicted octanol–water partition coefficient (Wildman–Crippen LogP) is 1.74. The number of thiocarbonyl (C=S) groups is 1. The van der Waals surface area contributed by atoms with Crippen molar-refractivity contribution in [2.24, 2.45) is 5.14 Å². The monoisotopic (exact) mass is 396 g/mol. The van der Waals surface area contributed by atoms with Gasteiger partial charge in [0.2, 0.25) is 10.0 Å². The Hall–Kier alpha value is -2.76. The molecule has 0 aliphatic heterocycles. The van der Waals surface area contributed by atoms with Crippen LogP contribution in [0.2, 0.25) is 0 Å². The number of anilines is 1. The molecule has 0 fully saturated rings. The zero-order valence-electron chi connectivity index (χ0n) is 13.6. The molecule has 138 valence electrons. The molecule has 0 amide bonds. The number of nitro groups is 1. The smallest absolute Gasteiger partial charge is 0.273 e. The molecule has 4 N–H and O–H groups in total. The molecule has 26 heavy (non-hydrogen) atoms. The highest BCUT2D eigenvalue weighted by Crippen LogP contribution is 2.28. The number of nitro benzene ring substituents is 1. The van der Waals surface area contributed by atoms with Crippen molar-refractivity contribution in [3.63, 3.8) is 0 Å². The molecule has 0 aliphatic carbocycles. The number of rotatable bonds is 6. The van der Waals surface area contributed by atoms with Crippen LogP contribution in [0.15, 0.2) is 47.4 Å². The van der Waals surface area contributed by atoms with Gasteiger partial charge in [-0.3, -0.25) is 10.1 Å². The van der Waals surface area contributed by atoms with Crippen LogP contribution in [-0.4, -0.2) is 25.6 Å².